The predicted molar refractivity (Wildman–Crippen MR) is 128 cm³/mol. The smallest absolute Gasteiger partial charge is 0.0577 e. The van der Waals surface area contributed by atoms with Crippen molar-refractivity contribution in [3.8, 4) is 0 Å². The summed E-state index contributed by atoms with van der Waals surface area (Å²) in [6.45, 7) is 17.2. The van der Waals surface area contributed by atoms with E-state index in [1.54, 1.807) is 11.1 Å². The Morgan fingerprint density at radius 2 is 1.77 bits per heavy atom. The standard InChI is InChI=1S/C29H48O/c1-18(2)21(5)19(3)16-20(4)25-10-11-26-24-9-8-22-17-23(30)12-14-28(22,6)27(24)13-15-29(25,26)7/h8,16,18,20-21,23-27,30H,9-15,17H2,1-7H3/b19-16+/t20-,21-,23+,24+,25-,26+,27+,28+,29-/m1/s1. The second kappa shape index (κ2) is 8.09. The number of fused-ring (bicyclic) bond motifs is 5. The Morgan fingerprint density at radius 1 is 1.03 bits per heavy atom. The molecule has 9 atom stereocenters. The van der Waals surface area contributed by atoms with E-state index in [1.807, 2.05) is 0 Å². The summed E-state index contributed by atoms with van der Waals surface area (Å²) in [5.41, 5.74) is 4.11. The van der Waals surface area contributed by atoms with E-state index in [4.69, 9.17) is 0 Å². The van der Waals surface area contributed by atoms with Crippen LogP contribution in [0.1, 0.15) is 99.8 Å². The third kappa shape index (κ3) is 3.56. The molecule has 4 aliphatic rings. The maximum absolute atomic E-state index is 10.2. The number of aliphatic hydroxyl groups is 1. The molecule has 3 saturated carbocycles. The van der Waals surface area contributed by atoms with E-state index < -0.39 is 0 Å². The molecule has 1 heteroatoms. The molecule has 170 valence electrons. The fourth-order valence-electron chi connectivity index (χ4n) is 8.75. The van der Waals surface area contributed by atoms with Gasteiger partial charge in [0.05, 0.1) is 6.10 Å². The Balaban J connectivity index is 1.55. The van der Waals surface area contributed by atoms with Crippen molar-refractivity contribution >= 4 is 0 Å². The molecule has 4 aliphatic carbocycles. The molecule has 0 aliphatic heterocycles. The first-order chi connectivity index (χ1) is 14.1. The minimum absolute atomic E-state index is 0.0882. The third-order valence-electron chi connectivity index (χ3n) is 11.0. The highest BCUT2D eigenvalue weighted by Crippen LogP contribution is 2.67. The lowest BCUT2D eigenvalue weighted by molar-refractivity contribution is -0.0541. The molecule has 0 saturated heterocycles. The number of hydrogen-bond acceptors (Lipinski definition) is 1. The van der Waals surface area contributed by atoms with Crippen LogP contribution in [0.2, 0.25) is 0 Å². The summed E-state index contributed by atoms with van der Waals surface area (Å²) in [6.07, 6.45) is 15.3. The lowest BCUT2D eigenvalue weighted by Crippen LogP contribution is -2.50. The first-order valence-electron chi connectivity index (χ1n) is 13.1. The summed E-state index contributed by atoms with van der Waals surface area (Å²) in [6, 6.07) is 0. The minimum atomic E-state index is -0.0882. The van der Waals surface area contributed by atoms with Crippen molar-refractivity contribution in [2.24, 2.45) is 52.3 Å². The van der Waals surface area contributed by atoms with Gasteiger partial charge >= 0.3 is 0 Å². The molecule has 0 aromatic carbocycles. The van der Waals surface area contributed by atoms with Gasteiger partial charge in [0.15, 0.2) is 0 Å². The van der Waals surface area contributed by atoms with Crippen molar-refractivity contribution < 1.29 is 5.11 Å². The van der Waals surface area contributed by atoms with Gasteiger partial charge in [0.1, 0.15) is 0 Å². The van der Waals surface area contributed by atoms with E-state index in [1.165, 1.54) is 38.5 Å². The van der Waals surface area contributed by atoms with Gasteiger partial charge in [-0.15, -0.1) is 0 Å². The molecule has 3 fully saturated rings. The van der Waals surface area contributed by atoms with Crippen LogP contribution in [0.3, 0.4) is 0 Å². The fraction of sp³-hybridized carbons (Fsp3) is 0.862. The van der Waals surface area contributed by atoms with Crippen LogP contribution in [-0.2, 0) is 0 Å². The molecule has 0 radical (unpaired) electrons. The third-order valence-corrected chi connectivity index (χ3v) is 11.0. The molecule has 0 spiro atoms. The first-order valence-corrected chi connectivity index (χ1v) is 13.1. The van der Waals surface area contributed by atoms with Crippen LogP contribution in [0.4, 0.5) is 0 Å². The summed E-state index contributed by atoms with van der Waals surface area (Å²) in [5, 5.41) is 10.2. The number of allylic oxidation sites excluding steroid dienone is 3. The van der Waals surface area contributed by atoms with Gasteiger partial charge in [-0.25, -0.2) is 0 Å². The molecular formula is C29H48O. The molecule has 0 bridgehead atoms. The van der Waals surface area contributed by atoms with Crippen molar-refractivity contribution in [2.75, 3.05) is 0 Å². The Morgan fingerprint density at radius 3 is 2.47 bits per heavy atom. The van der Waals surface area contributed by atoms with Crippen LogP contribution in [0.25, 0.3) is 0 Å². The Bertz CT molecular complexity index is 701. The molecule has 0 amide bonds. The van der Waals surface area contributed by atoms with Crippen molar-refractivity contribution in [3.05, 3.63) is 23.3 Å². The molecule has 30 heavy (non-hydrogen) atoms. The molecule has 1 N–H and O–H groups in total. The van der Waals surface area contributed by atoms with Crippen LogP contribution >= 0.6 is 0 Å². The predicted octanol–water partition coefficient (Wildman–Crippen LogP) is 7.80. The largest absolute Gasteiger partial charge is 0.393 e. The minimum Gasteiger partial charge on any atom is -0.393 e. The normalized spacial score (nSPS) is 46.0. The Hall–Kier alpha value is -0.560. The van der Waals surface area contributed by atoms with Gasteiger partial charge in [0.2, 0.25) is 0 Å². The van der Waals surface area contributed by atoms with Crippen LogP contribution < -0.4 is 0 Å². The zero-order valence-electron chi connectivity index (χ0n) is 20.9. The summed E-state index contributed by atoms with van der Waals surface area (Å²) >= 11 is 0. The molecule has 1 nitrogen and oxygen atoms in total. The van der Waals surface area contributed by atoms with E-state index in [0.717, 1.165) is 42.4 Å². The van der Waals surface area contributed by atoms with Gasteiger partial charge in [0, 0.05) is 0 Å². The van der Waals surface area contributed by atoms with E-state index in [-0.39, 0.29) is 6.10 Å². The topological polar surface area (TPSA) is 20.2 Å². The Labute approximate surface area is 186 Å². The molecule has 0 aromatic heterocycles. The lowest BCUT2D eigenvalue weighted by Gasteiger charge is -2.58. The van der Waals surface area contributed by atoms with Crippen molar-refractivity contribution in [1.29, 1.82) is 0 Å². The maximum atomic E-state index is 10.2. The zero-order chi connectivity index (χ0) is 21.8. The average molecular weight is 413 g/mol. The van der Waals surface area contributed by atoms with Crippen molar-refractivity contribution in [2.45, 2.75) is 106 Å². The second-order valence-corrected chi connectivity index (χ2v) is 12.7. The summed E-state index contributed by atoms with van der Waals surface area (Å²) in [5.74, 6) is 5.61. The van der Waals surface area contributed by atoms with Gasteiger partial charge in [-0.1, -0.05) is 64.8 Å². The van der Waals surface area contributed by atoms with Crippen molar-refractivity contribution in [1.82, 2.24) is 0 Å². The number of aliphatic hydroxyl groups excluding tert-OH is 1. The number of rotatable bonds is 4. The maximum Gasteiger partial charge on any atom is 0.0577 e. The zero-order valence-corrected chi connectivity index (χ0v) is 20.9. The first kappa shape index (κ1) is 22.6. The van der Waals surface area contributed by atoms with Gasteiger partial charge < -0.3 is 5.11 Å². The van der Waals surface area contributed by atoms with E-state index in [0.29, 0.717) is 22.7 Å². The number of hydrogen-bond donors (Lipinski definition) is 1. The highest BCUT2D eigenvalue weighted by atomic mass is 16.3. The van der Waals surface area contributed by atoms with Gasteiger partial charge in [-0.2, -0.15) is 0 Å². The molecule has 4 rings (SSSR count). The summed E-state index contributed by atoms with van der Waals surface area (Å²) < 4.78 is 0. The van der Waals surface area contributed by atoms with Crippen LogP contribution in [0, 0.1) is 52.3 Å². The van der Waals surface area contributed by atoms with Crippen molar-refractivity contribution in [3.63, 3.8) is 0 Å². The highest BCUT2D eigenvalue weighted by molar-refractivity contribution is 5.25. The summed E-state index contributed by atoms with van der Waals surface area (Å²) in [7, 11) is 0. The van der Waals surface area contributed by atoms with E-state index in [2.05, 4.69) is 60.6 Å². The van der Waals surface area contributed by atoms with Gasteiger partial charge in [-0.3, -0.25) is 0 Å². The molecule has 0 aromatic rings. The lowest BCUT2D eigenvalue weighted by atomic mass is 9.47. The Kier molecular flexibility index (Phi) is 6.10. The van der Waals surface area contributed by atoms with Crippen LogP contribution in [0.15, 0.2) is 23.3 Å². The molecular weight excluding hydrogens is 364 g/mol. The van der Waals surface area contributed by atoms with E-state index in [9.17, 15) is 5.11 Å². The SMILES string of the molecule is C/C(=C\[C@@H](C)[C@H]1CC[C@H]2[C@@H]3CC=C4C[C@@H](O)CC[C@]4(C)[C@H]3CC[C@]12C)[C@H](C)C(C)C. The molecule has 0 heterocycles. The monoisotopic (exact) mass is 412 g/mol. The molecule has 0 unspecified atom stereocenters. The van der Waals surface area contributed by atoms with Crippen LogP contribution in [-0.4, -0.2) is 11.2 Å². The van der Waals surface area contributed by atoms with Gasteiger partial charge in [-0.05, 0) is 111 Å². The highest BCUT2D eigenvalue weighted by Gasteiger charge is 2.59. The van der Waals surface area contributed by atoms with Gasteiger partial charge in [0.25, 0.3) is 0 Å². The fourth-order valence-corrected chi connectivity index (χ4v) is 8.75. The van der Waals surface area contributed by atoms with Crippen LogP contribution in [0.5, 0.6) is 0 Å². The van der Waals surface area contributed by atoms with E-state index >= 15 is 0 Å². The average Bonchev–Trinajstić information content (AvgIpc) is 3.05. The second-order valence-electron chi connectivity index (χ2n) is 12.7. The quantitative estimate of drug-likeness (QED) is 0.467. The summed E-state index contributed by atoms with van der Waals surface area (Å²) in [4.78, 5) is 0.